The van der Waals surface area contributed by atoms with E-state index in [1.54, 1.807) is 0 Å². The van der Waals surface area contributed by atoms with Gasteiger partial charge in [-0.3, -0.25) is 10.1 Å². The summed E-state index contributed by atoms with van der Waals surface area (Å²) >= 11 is 5.67. The molecule has 80 valence electrons. The number of primary amides is 1. The Morgan fingerprint density at radius 1 is 1.47 bits per heavy atom. The summed E-state index contributed by atoms with van der Waals surface area (Å²) in [6.07, 6.45) is -0.325. The summed E-state index contributed by atoms with van der Waals surface area (Å²) in [7, 11) is 0. The van der Waals surface area contributed by atoms with Crippen LogP contribution in [0.2, 0.25) is 5.02 Å². The molecule has 1 aromatic rings. The number of benzene rings is 1. The number of carbonyl (C=O) groups excluding carboxylic acids is 2. The summed E-state index contributed by atoms with van der Waals surface area (Å²) in [5.74, 6) is -1.29. The molecule has 1 rings (SSSR count). The zero-order valence-electron chi connectivity index (χ0n) is 7.59. The first-order chi connectivity index (χ1) is 7.00. The third-order valence-corrected chi connectivity index (χ3v) is 2.02. The van der Waals surface area contributed by atoms with Gasteiger partial charge in [0, 0.05) is 10.6 Å². The Morgan fingerprint density at radius 3 is 2.67 bits per heavy atom. The topological polar surface area (TPSA) is 72.2 Å². The SMILES string of the molecule is NC(=O)NC(=O)Cc1c(F)cccc1Cl. The zero-order chi connectivity index (χ0) is 11.4. The highest BCUT2D eigenvalue weighted by molar-refractivity contribution is 6.31. The molecule has 0 heterocycles. The van der Waals surface area contributed by atoms with Gasteiger partial charge in [0.25, 0.3) is 0 Å². The van der Waals surface area contributed by atoms with Gasteiger partial charge in [-0.25, -0.2) is 9.18 Å². The number of urea groups is 1. The van der Waals surface area contributed by atoms with E-state index in [0.717, 1.165) is 0 Å². The molecule has 6 heteroatoms. The second-order valence-electron chi connectivity index (χ2n) is 2.79. The predicted octanol–water partition coefficient (Wildman–Crippen LogP) is 1.22. The highest BCUT2D eigenvalue weighted by Crippen LogP contribution is 2.19. The highest BCUT2D eigenvalue weighted by atomic mass is 35.5. The molecule has 0 radical (unpaired) electrons. The van der Waals surface area contributed by atoms with E-state index in [-0.39, 0.29) is 17.0 Å². The smallest absolute Gasteiger partial charge is 0.318 e. The third-order valence-electron chi connectivity index (χ3n) is 1.66. The van der Waals surface area contributed by atoms with Gasteiger partial charge in [-0.2, -0.15) is 0 Å². The van der Waals surface area contributed by atoms with Crippen molar-refractivity contribution in [3.63, 3.8) is 0 Å². The van der Waals surface area contributed by atoms with E-state index < -0.39 is 17.8 Å². The Balaban J connectivity index is 2.80. The van der Waals surface area contributed by atoms with E-state index in [1.165, 1.54) is 18.2 Å². The van der Waals surface area contributed by atoms with E-state index >= 15 is 0 Å². The van der Waals surface area contributed by atoms with Gasteiger partial charge < -0.3 is 5.73 Å². The summed E-state index contributed by atoms with van der Waals surface area (Å²) in [6.45, 7) is 0. The maximum atomic E-state index is 13.2. The molecule has 0 saturated heterocycles. The number of nitrogens with two attached hydrogens (primary N) is 1. The molecule has 0 saturated carbocycles. The van der Waals surface area contributed by atoms with Crippen LogP contribution in [0.25, 0.3) is 0 Å². The molecule has 0 bridgehead atoms. The monoisotopic (exact) mass is 230 g/mol. The molecule has 0 aliphatic heterocycles. The first-order valence-electron chi connectivity index (χ1n) is 4.03. The van der Waals surface area contributed by atoms with E-state index in [4.69, 9.17) is 17.3 Å². The Morgan fingerprint density at radius 2 is 2.13 bits per heavy atom. The Hall–Kier alpha value is -1.62. The fraction of sp³-hybridized carbons (Fsp3) is 0.111. The lowest BCUT2D eigenvalue weighted by Crippen LogP contribution is -2.36. The number of hydrogen-bond acceptors (Lipinski definition) is 2. The third kappa shape index (κ3) is 3.21. The van der Waals surface area contributed by atoms with Crippen LogP contribution < -0.4 is 11.1 Å². The van der Waals surface area contributed by atoms with Crippen LogP contribution >= 0.6 is 11.6 Å². The summed E-state index contributed by atoms with van der Waals surface area (Å²) in [5, 5.41) is 1.95. The molecule has 3 N–H and O–H groups in total. The molecule has 15 heavy (non-hydrogen) atoms. The molecule has 4 nitrogen and oxygen atoms in total. The van der Waals surface area contributed by atoms with Crippen LogP contribution in [0, 0.1) is 5.82 Å². The van der Waals surface area contributed by atoms with Crippen molar-refractivity contribution >= 4 is 23.5 Å². The highest BCUT2D eigenvalue weighted by Gasteiger charge is 2.12. The van der Waals surface area contributed by atoms with E-state index in [9.17, 15) is 14.0 Å². The largest absolute Gasteiger partial charge is 0.351 e. The van der Waals surface area contributed by atoms with E-state index in [0.29, 0.717) is 0 Å². The number of nitrogens with one attached hydrogen (secondary N) is 1. The van der Waals surface area contributed by atoms with Crippen LogP contribution in [-0.2, 0) is 11.2 Å². The fourth-order valence-electron chi connectivity index (χ4n) is 1.04. The molecule has 0 spiro atoms. The Kier molecular flexibility index (Phi) is 3.62. The molecule has 0 atom stereocenters. The van der Waals surface area contributed by atoms with Crippen LogP contribution in [0.5, 0.6) is 0 Å². The number of hydrogen-bond donors (Lipinski definition) is 2. The van der Waals surface area contributed by atoms with E-state index in [1.807, 2.05) is 5.32 Å². The lowest BCUT2D eigenvalue weighted by atomic mass is 10.1. The van der Waals surface area contributed by atoms with Gasteiger partial charge in [0.2, 0.25) is 5.91 Å². The molecule has 3 amide bonds. The van der Waals surface area contributed by atoms with Crippen molar-refractivity contribution in [2.75, 3.05) is 0 Å². The Labute approximate surface area is 90.2 Å². The van der Waals surface area contributed by atoms with Gasteiger partial charge in [-0.05, 0) is 12.1 Å². The summed E-state index contributed by atoms with van der Waals surface area (Å²) in [5.41, 5.74) is 4.77. The minimum absolute atomic E-state index is 0.0397. The van der Waals surface area contributed by atoms with Crippen molar-refractivity contribution in [3.05, 3.63) is 34.6 Å². The molecule has 1 aromatic carbocycles. The van der Waals surface area contributed by atoms with Gasteiger partial charge in [0.1, 0.15) is 5.82 Å². The van der Waals surface area contributed by atoms with Crippen LogP contribution in [0.1, 0.15) is 5.56 Å². The molecule has 0 aromatic heterocycles. The molecule has 0 aliphatic carbocycles. The maximum Gasteiger partial charge on any atom is 0.318 e. The second kappa shape index (κ2) is 4.75. The van der Waals surface area contributed by atoms with Crippen LogP contribution in [0.3, 0.4) is 0 Å². The molecular formula is C9H8ClFN2O2. The van der Waals surface area contributed by atoms with Crippen molar-refractivity contribution < 1.29 is 14.0 Å². The van der Waals surface area contributed by atoms with Crippen molar-refractivity contribution in [1.29, 1.82) is 0 Å². The van der Waals surface area contributed by atoms with Crippen molar-refractivity contribution in [2.24, 2.45) is 5.73 Å². The number of halogens is 2. The first kappa shape index (κ1) is 11.5. The lowest BCUT2D eigenvalue weighted by Gasteiger charge is -2.04. The van der Waals surface area contributed by atoms with Gasteiger partial charge in [-0.1, -0.05) is 17.7 Å². The number of carbonyl (C=O) groups is 2. The van der Waals surface area contributed by atoms with Crippen LogP contribution in [-0.4, -0.2) is 11.9 Å². The average molecular weight is 231 g/mol. The van der Waals surface area contributed by atoms with Crippen LogP contribution in [0.4, 0.5) is 9.18 Å². The average Bonchev–Trinajstić information content (AvgIpc) is 2.10. The van der Waals surface area contributed by atoms with Gasteiger partial charge in [0.15, 0.2) is 0 Å². The normalized spacial score (nSPS) is 9.73. The predicted molar refractivity (Wildman–Crippen MR) is 52.8 cm³/mol. The van der Waals surface area contributed by atoms with Gasteiger partial charge in [-0.15, -0.1) is 0 Å². The quantitative estimate of drug-likeness (QED) is 0.802. The van der Waals surface area contributed by atoms with Gasteiger partial charge in [0.05, 0.1) is 6.42 Å². The summed E-state index contributed by atoms with van der Waals surface area (Å²) < 4.78 is 13.2. The maximum absolute atomic E-state index is 13.2. The number of rotatable bonds is 2. The van der Waals surface area contributed by atoms with Crippen molar-refractivity contribution in [3.8, 4) is 0 Å². The Bertz CT molecular complexity index is 389. The molecule has 0 unspecified atom stereocenters. The van der Waals surface area contributed by atoms with E-state index in [2.05, 4.69) is 0 Å². The van der Waals surface area contributed by atoms with Gasteiger partial charge >= 0.3 is 6.03 Å². The first-order valence-corrected chi connectivity index (χ1v) is 4.40. The summed E-state index contributed by atoms with van der Waals surface area (Å²) in [6, 6.07) is 3.08. The molecule has 0 fully saturated rings. The van der Waals surface area contributed by atoms with Crippen LogP contribution in [0.15, 0.2) is 18.2 Å². The fourth-order valence-corrected chi connectivity index (χ4v) is 1.27. The zero-order valence-corrected chi connectivity index (χ0v) is 8.34. The minimum Gasteiger partial charge on any atom is -0.351 e. The minimum atomic E-state index is -0.979. The van der Waals surface area contributed by atoms with Crippen molar-refractivity contribution in [1.82, 2.24) is 5.32 Å². The molecule has 0 aliphatic rings. The van der Waals surface area contributed by atoms with Crippen molar-refractivity contribution in [2.45, 2.75) is 6.42 Å². The standard InChI is InChI=1S/C9H8ClFN2O2/c10-6-2-1-3-7(11)5(6)4-8(14)13-9(12)15/h1-3H,4H2,(H3,12,13,14,15). The lowest BCUT2D eigenvalue weighted by molar-refractivity contribution is -0.119. The number of imide groups is 1. The number of amides is 3. The second-order valence-corrected chi connectivity index (χ2v) is 3.20. The molecular weight excluding hydrogens is 223 g/mol. The summed E-state index contributed by atoms with van der Waals surface area (Å²) in [4.78, 5) is 21.4.